The molecule has 1 aromatic heterocycles. The summed E-state index contributed by atoms with van der Waals surface area (Å²) < 4.78 is 10.2. The minimum Gasteiger partial charge on any atom is -0.497 e. The molecule has 2 aromatic rings. The van der Waals surface area contributed by atoms with Crippen LogP contribution in [0.1, 0.15) is 10.4 Å². The molecule has 3 N–H and O–H groups in total. The number of nitrogens with two attached hydrogens (primary N) is 1. The third-order valence-corrected chi connectivity index (χ3v) is 3.11. The summed E-state index contributed by atoms with van der Waals surface area (Å²) in [5, 5.41) is 2.93. The van der Waals surface area contributed by atoms with E-state index in [9.17, 15) is 4.79 Å². The Morgan fingerprint density at radius 3 is 2.71 bits per heavy atom. The highest BCUT2D eigenvalue weighted by Gasteiger charge is 2.17. The number of anilines is 2. The maximum absolute atomic E-state index is 12.3. The topological polar surface area (TPSA) is 86.5 Å². The van der Waals surface area contributed by atoms with Crippen molar-refractivity contribution in [3.05, 3.63) is 41.0 Å². The van der Waals surface area contributed by atoms with Gasteiger partial charge in [-0.2, -0.15) is 0 Å². The summed E-state index contributed by atoms with van der Waals surface area (Å²) in [5.41, 5.74) is 6.34. The van der Waals surface area contributed by atoms with Crippen molar-refractivity contribution in [2.24, 2.45) is 0 Å². The normalized spacial score (nSPS) is 10.0. The van der Waals surface area contributed by atoms with Crippen LogP contribution in [0.3, 0.4) is 0 Å². The lowest BCUT2D eigenvalue weighted by atomic mass is 10.1. The molecule has 1 aromatic carbocycles. The molecule has 2 rings (SSSR count). The summed E-state index contributed by atoms with van der Waals surface area (Å²) >= 11 is 5.95. The van der Waals surface area contributed by atoms with Gasteiger partial charge in [-0.25, -0.2) is 4.98 Å². The molecule has 6 nitrogen and oxygen atoms in total. The Balaban J connectivity index is 2.37. The number of amides is 1. The zero-order valence-corrected chi connectivity index (χ0v) is 12.3. The van der Waals surface area contributed by atoms with Crippen LogP contribution in [0.2, 0.25) is 5.02 Å². The van der Waals surface area contributed by atoms with Crippen LogP contribution >= 0.6 is 11.6 Å². The van der Waals surface area contributed by atoms with E-state index in [1.54, 1.807) is 18.2 Å². The maximum atomic E-state index is 12.3. The molecule has 0 aliphatic heterocycles. The Hall–Kier alpha value is -2.47. The highest BCUT2D eigenvalue weighted by Crippen LogP contribution is 2.31. The number of benzene rings is 1. The van der Waals surface area contributed by atoms with Crippen molar-refractivity contribution in [1.82, 2.24) is 4.98 Å². The lowest BCUT2D eigenvalue weighted by Gasteiger charge is -2.13. The van der Waals surface area contributed by atoms with Gasteiger partial charge in [-0.1, -0.05) is 11.6 Å². The first-order chi connectivity index (χ1) is 10.1. The van der Waals surface area contributed by atoms with Crippen LogP contribution in [0.15, 0.2) is 30.5 Å². The Labute approximate surface area is 126 Å². The van der Waals surface area contributed by atoms with Crippen LogP contribution < -0.4 is 20.5 Å². The summed E-state index contributed by atoms with van der Waals surface area (Å²) in [5.74, 6) is 0.612. The Morgan fingerprint density at radius 2 is 2.10 bits per heavy atom. The zero-order valence-electron chi connectivity index (χ0n) is 11.5. The fraction of sp³-hybridized carbons (Fsp3) is 0.143. The second-order valence-corrected chi connectivity index (χ2v) is 4.49. The number of pyridine rings is 1. The summed E-state index contributed by atoms with van der Waals surface area (Å²) in [6, 6.07) is 6.41. The van der Waals surface area contributed by atoms with E-state index in [0.717, 1.165) is 0 Å². The van der Waals surface area contributed by atoms with Gasteiger partial charge in [0.15, 0.2) is 5.82 Å². The van der Waals surface area contributed by atoms with Gasteiger partial charge in [0.1, 0.15) is 11.5 Å². The van der Waals surface area contributed by atoms with Crippen molar-refractivity contribution < 1.29 is 14.3 Å². The van der Waals surface area contributed by atoms with Crippen LogP contribution in [0.5, 0.6) is 11.5 Å². The molecule has 1 heterocycles. The van der Waals surface area contributed by atoms with Gasteiger partial charge in [0.2, 0.25) is 0 Å². The van der Waals surface area contributed by atoms with Crippen LogP contribution in [-0.4, -0.2) is 25.1 Å². The molecule has 1 amide bonds. The maximum Gasteiger partial charge on any atom is 0.259 e. The van der Waals surface area contributed by atoms with Gasteiger partial charge in [-0.05, 0) is 18.2 Å². The highest BCUT2D eigenvalue weighted by atomic mass is 35.5. The van der Waals surface area contributed by atoms with E-state index in [1.165, 1.54) is 26.5 Å². The highest BCUT2D eigenvalue weighted by molar-refractivity contribution is 6.33. The fourth-order valence-electron chi connectivity index (χ4n) is 1.73. The SMILES string of the molecule is COc1cc(OC)c(N)c(C(=O)Nc2ncccc2Cl)c1. The second-order valence-electron chi connectivity index (χ2n) is 4.08. The Morgan fingerprint density at radius 1 is 1.33 bits per heavy atom. The van der Waals surface area contributed by atoms with Crippen LogP contribution in [0.4, 0.5) is 11.5 Å². The van der Waals surface area contributed by atoms with E-state index in [-0.39, 0.29) is 17.1 Å². The van der Waals surface area contributed by atoms with Crippen molar-refractivity contribution in [2.75, 3.05) is 25.3 Å². The van der Waals surface area contributed by atoms with Crippen molar-refractivity contribution in [3.63, 3.8) is 0 Å². The first-order valence-corrected chi connectivity index (χ1v) is 6.38. The number of rotatable bonds is 4. The molecule has 0 aliphatic carbocycles. The van der Waals surface area contributed by atoms with Gasteiger partial charge < -0.3 is 20.5 Å². The fourth-order valence-corrected chi connectivity index (χ4v) is 1.90. The van der Waals surface area contributed by atoms with E-state index in [0.29, 0.717) is 16.5 Å². The number of halogens is 1. The standard InChI is InChI=1S/C14H14ClN3O3/c1-20-8-6-9(12(16)11(7-8)21-2)14(19)18-13-10(15)4-3-5-17-13/h3-7H,16H2,1-2H3,(H,17,18,19). The summed E-state index contributed by atoms with van der Waals surface area (Å²) in [6.07, 6.45) is 1.52. The number of nitrogens with zero attached hydrogens (tertiary/aromatic N) is 1. The number of carbonyl (C=O) groups excluding carboxylic acids is 1. The number of nitrogen functional groups attached to an aromatic ring is 1. The quantitative estimate of drug-likeness (QED) is 0.848. The summed E-state index contributed by atoms with van der Waals surface area (Å²) in [4.78, 5) is 16.3. The number of hydrogen-bond donors (Lipinski definition) is 2. The molecular formula is C14H14ClN3O3. The number of methoxy groups -OCH3 is 2. The van der Waals surface area contributed by atoms with E-state index in [4.69, 9.17) is 26.8 Å². The summed E-state index contributed by atoms with van der Waals surface area (Å²) in [6.45, 7) is 0. The number of ether oxygens (including phenoxy) is 2. The average Bonchev–Trinajstić information content (AvgIpc) is 2.49. The number of hydrogen-bond acceptors (Lipinski definition) is 5. The van der Waals surface area contributed by atoms with Crippen LogP contribution in [-0.2, 0) is 0 Å². The number of nitrogens with one attached hydrogen (secondary N) is 1. The van der Waals surface area contributed by atoms with Gasteiger partial charge in [-0.15, -0.1) is 0 Å². The molecule has 0 atom stereocenters. The molecule has 0 saturated heterocycles. The van der Waals surface area contributed by atoms with E-state index in [2.05, 4.69) is 10.3 Å². The van der Waals surface area contributed by atoms with Crippen molar-refractivity contribution in [3.8, 4) is 11.5 Å². The third kappa shape index (κ3) is 3.17. The molecule has 0 aliphatic rings. The van der Waals surface area contributed by atoms with Gasteiger partial charge in [-0.3, -0.25) is 4.79 Å². The number of aromatic nitrogens is 1. The Kier molecular flexibility index (Phi) is 4.49. The largest absolute Gasteiger partial charge is 0.497 e. The predicted molar refractivity (Wildman–Crippen MR) is 81.2 cm³/mol. The smallest absolute Gasteiger partial charge is 0.259 e. The molecule has 0 unspecified atom stereocenters. The average molecular weight is 308 g/mol. The molecule has 110 valence electrons. The number of carbonyl (C=O) groups is 1. The van der Waals surface area contributed by atoms with E-state index in [1.807, 2.05) is 0 Å². The first kappa shape index (κ1) is 14.9. The van der Waals surface area contributed by atoms with Crippen LogP contribution in [0.25, 0.3) is 0 Å². The molecule has 0 radical (unpaired) electrons. The minimum absolute atomic E-state index is 0.211. The van der Waals surface area contributed by atoms with Gasteiger partial charge >= 0.3 is 0 Å². The zero-order chi connectivity index (χ0) is 15.4. The van der Waals surface area contributed by atoms with Gasteiger partial charge in [0.05, 0.1) is 30.5 Å². The van der Waals surface area contributed by atoms with Crippen molar-refractivity contribution >= 4 is 29.0 Å². The summed E-state index contributed by atoms with van der Waals surface area (Å²) in [7, 11) is 2.95. The van der Waals surface area contributed by atoms with Crippen molar-refractivity contribution in [1.29, 1.82) is 0 Å². The van der Waals surface area contributed by atoms with E-state index < -0.39 is 5.91 Å². The molecule has 0 bridgehead atoms. The first-order valence-electron chi connectivity index (χ1n) is 6.00. The molecular weight excluding hydrogens is 294 g/mol. The monoisotopic (exact) mass is 307 g/mol. The molecule has 0 spiro atoms. The lowest BCUT2D eigenvalue weighted by molar-refractivity contribution is 0.102. The molecule has 7 heteroatoms. The van der Waals surface area contributed by atoms with Crippen LogP contribution in [0, 0.1) is 0 Å². The van der Waals surface area contributed by atoms with Gasteiger partial charge in [0.25, 0.3) is 5.91 Å². The lowest BCUT2D eigenvalue weighted by Crippen LogP contribution is -2.16. The molecule has 21 heavy (non-hydrogen) atoms. The third-order valence-electron chi connectivity index (χ3n) is 2.81. The van der Waals surface area contributed by atoms with Crippen molar-refractivity contribution in [2.45, 2.75) is 0 Å². The molecule has 0 fully saturated rings. The Bertz CT molecular complexity index is 677. The predicted octanol–water partition coefficient (Wildman–Crippen LogP) is 2.59. The minimum atomic E-state index is -0.453. The second kappa shape index (κ2) is 6.32. The van der Waals surface area contributed by atoms with E-state index >= 15 is 0 Å². The van der Waals surface area contributed by atoms with Gasteiger partial charge in [0, 0.05) is 12.3 Å². The molecule has 0 saturated carbocycles.